The van der Waals surface area contributed by atoms with E-state index in [1.54, 1.807) is 18.4 Å². The summed E-state index contributed by atoms with van der Waals surface area (Å²) in [5.41, 5.74) is 0.985. The zero-order chi connectivity index (χ0) is 22.6. The molecule has 1 amide bonds. The third-order valence-electron chi connectivity index (χ3n) is 6.13. The van der Waals surface area contributed by atoms with Gasteiger partial charge in [0, 0.05) is 45.0 Å². The van der Waals surface area contributed by atoms with Crippen LogP contribution in [0.1, 0.15) is 18.6 Å². The number of nitrogens with zero attached hydrogens (tertiary/aromatic N) is 6. The van der Waals surface area contributed by atoms with Crippen molar-refractivity contribution in [3.8, 4) is 0 Å². The zero-order valence-electron chi connectivity index (χ0n) is 18.4. The number of benzene rings is 1. The van der Waals surface area contributed by atoms with E-state index in [9.17, 15) is 9.18 Å². The fraction of sp³-hybridized carbons (Fsp3) is 0.435. The molecule has 2 fully saturated rings. The predicted octanol–water partition coefficient (Wildman–Crippen LogP) is 3.10. The molecule has 1 aromatic carbocycles. The van der Waals surface area contributed by atoms with Gasteiger partial charge in [-0.3, -0.25) is 9.36 Å². The van der Waals surface area contributed by atoms with Crippen molar-refractivity contribution in [2.45, 2.75) is 24.5 Å². The van der Waals surface area contributed by atoms with Gasteiger partial charge in [-0.2, -0.15) is 0 Å². The average molecular weight is 471 g/mol. The Morgan fingerprint density at radius 1 is 0.970 bits per heavy atom. The molecular formula is C23H27FN6O2S. The van der Waals surface area contributed by atoms with Crippen molar-refractivity contribution in [3.63, 3.8) is 0 Å². The first-order valence-corrected chi connectivity index (χ1v) is 12.3. The summed E-state index contributed by atoms with van der Waals surface area (Å²) in [5, 5.41) is 9.57. The Labute approximate surface area is 196 Å². The molecule has 2 aromatic heterocycles. The average Bonchev–Trinajstić information content (AvgIpc) is 3.61. The van der Waals surface area contributed by atoms with Crippen LogP contribution in [0.25, 0.3) is 0 Å². The van der Waals surface area contributed by atoms with Gasteiger partial charge in [0.1, 0.15) is 11.6 Å². The van der Waals surface area contributed by atoms with Crippen LogP contribution in [0.15, 0.2) is 52.2 Å². The minimum absolute atomic E-state index is 0.0917. The van der Waals surface area contributed by atoms with Gasteiger partial charge in [0.25, 0.3) is 0 Å². The molecule has 10 heteroatoms. The van der Waals surface area contributed by atoms with E-state index in [4.69, 9.17) is 4.42 Å². The molecule has 3 aromatic rings. The monoisotopic (exact) mass is 470 g/mol. The normalized spacial score (nSPS) is 16.6. The van der Waals surface area contributed by atoms with Crippen molar-refractivity contribution in [2.75, 3.05) is 54.8 Å². The fourth-order valence-corrected chi connectivity index (χ4v) is 5.15. The number of carbonyl (C=O) groups is 1. The van der Waals surface area contributed by atoms with E-state index in [1.807, 2.05) is 17.0 Å². The highest BCUT2D eigenvalue weighted by atomic mass is 32.2. The van der Waals surface area contributed by atoms with E-state index < -0.39 is 0 Å². The zero-order valence-corrected chi connectivity index (χ0v) is 19.2. The third kappa shape index (κ3) is 5.00. The summed E-state index contributed by atoms with van der Waals surface area (Å²) >= 11 is 1.42. The summed E-state index contributed by atoms with van der Waals surface area (Å²) in [6, 6.07) is 10.3. The Balaban J connectivity index is 1.20. The minimum Gasteiger partial charge on any atom is -0.467 e. The summed E-state index contributed by atoms with van der Waals surface area (Å²) in [6.07, 6.45) is 3.97. The first-order valence-electron chi connectivity index (χ1n) is 11.3. The molecule has 5 rings (SSSR count). The Kier molecular flexibility index (Phi) is 6.52. The van der Waals surface area contributed by atoms with Gasteiger partial charge in [-0.25, -0.2) is 4.39 Å². The van der Waals surface area contributed by atoms with Crippen molar-refractivity contribution < 1.29 is 13.6 Å². The van der Waals surface area contributed by atoms with Gasteiger partial charge in [0.15, 0.2) is 5.16 Å². The van der Waals surface area contributed by atoms with Crippen molar-refractivity contribution in [1.29, 1.82) is 0 Å². The van der Waals surface area contributed by atoms with Crippen LogP contribution in [-0.4, -0.2) is 70.6 Å². The lowest BCUT2D eigenvalue weighted by Gasteiger charge is -2.36. The molecule has 33 heavy (non-hydrogen) atoms. The lowest BCUT2D eigenvalue weighted by Crippen LogP contribution is -2.49. The molecule has 0 unspecified atom stereocenters. The number of hydrogen-bond donors (Lipinski definition) is 0. The maximum absolute atomic E-state index is 13.2. The quantitative estimate of drug-likeness (QED) is 0.492. The summed E-state index contributed by atoms with van der Waals surface area (Å²) in [7, 11) is 0. The van der Waals surface area contributed by atoms with Crippen molar-refractivity contribution in [2.24, 2.45) is 0 Å². The molecule has 2 saturated heterocycles. The first-order chi connectivity index (χ1) is 16.2. The summed E-state index contributed by atoms with van der Waals surface area (Å²) in [4.78, 5) is 19.2. The van der Waals surface area contributed by atoms with Crippen LogP contribution in [0, 0.1) is 5.82 Å². The van der Waals surface area contributed by atoms with Gasteiger partial charge < -0.3 is 19.1 Å². The first kappa shape index (κ1) is 21.8. The van der Waals surface area contributed by atoms with Crippen LogP contribution < -0.4 is 9.80 Å². The third-order valence-corrected chi connectivity index (χ3v) is 7.08. The maximum atomic E-state index is 13.2. The molecule has 0 saturated carbocycles. The number of amides is 1. The number of rotatable bonds is 7. The second kappa shape index (κ2) is 9.86. The van der Waals surface area contributed by atoms with E-state index in [2.05, 4.69) is 24.6 Å². The van der Waals surface area contributed by atoms with Crippen LogP contribution in [0.4, 0.5) is 16.0 Å². The number of halogens is 1. The highest BCUT2D eigenvalue weighted by molar-refractivity contribution is 7.99. The number of aromatic nitrogens is 3. The molecule has 174 valence electrons. The molecule has 0 aliphatic carbocycles. The van der Waals surface area contributed by atoms with E-state index in [0.717, 1.165) is 61.6 Å². The van der Waals surface area contributed by atoms with E-state index in [0.29, 0.717) is 25.4 Å². The van der Waals surface area contributed by atoms with Crippen LogP contribution in [0.3, 0.4) is 0 Å². The smallest absolute Gasteiger partial charge is 0.233 e. The van der Waals surface area contributed by atoms with Gasteiger partial charge in [-0.15, -0.1) is 10.2 Å². The van der Waals surface area contributed by atoms with Gasteiger partial charge in [0.2, 0.25) is 11.9 Å². The van der Waals surface area contributed by atoms with Gasteiger partial charge in [0.05, 0.1) is 18.6 Å². The topological polar surface area (TPSA) is 70.6 Å². The molecule has 2 aliphatic heterocycles. The lowest BCUT2D eigenvalue weighted by molar-refractivity contribution is -0.128. The molecule has 0 bridgehead atoms. The number of anilines is 2. The lowest BCUT2D eigenvalue weighted by atomic mass is 10.2. The predicted molar refractivity (Wildman–Crippen MR) is 125 cm³/mol. The Bertz CT molecular complexity index is 1060. The second-order valence-electron chi connectivity index (χ2n) is 8.28. The SMILES string of the molecule is O=C(CSc1nnc(N2CCCC2)n1Cc1ccco1)N1CCN(c2ccc(F)cc2)CC1. The highest BCUT2D eigenvalue weighted by Crippen LogP contribution is 2.26. The standard InChI is InChI=1S/C23H27FN6O2S/c24-18-5-7-19(8-6-18)27-11-13-28(14-12-27)21(31)17-33-23-26-25-22(29-9-1-2-10-29)30(23)16-20-4-3-15-32-20/h3-8,15H,1-2,9-14,16-17H2. The number of thioether (sulfide) groups is 1. The largest absolute Gasteiger partial charge is 0.467 e. The molecule has 0 radical (unpaired) electrons. The van der Waals surface area contributed by atoms with E-state index >= 15 is 0 Å². The number of hydrogen-bond acceptors (Lipinski definition) is 7. The summed E-state index contributed by atoms with van der Waals surface area (Å²) in [6.45, 7) is 5.24. The van der Waals surface area contributed by atoms with E-state index in [-0.39, 0.29) is 11.7 Å². The molecular weight excluding hydrogens is 443 g/mol. The number of furan rings is 1. The van der Waals surface area contributed by atoms with Crippen LogP contribution in [-0.2, 0) is 11.3 Å². The van der Waals surface area contributed by atoms with Gasteiger partial charge >= 0.3 is 0 Å². The molecule has 0 atom stereocenters. The molecule has 4 heterocycles. The maximum Gasteiger partial charge on any atom is 0.233 e. The van der Waals surface area contributed by atoms with Crippen molar-refractivity contribution in [3.05, 3.63) is 54.2 Å². The Morgan fingerprint density at radius 2 is 1.73 bits per heavy atom. The summed E-state index contributed by atoms with van der Waals surface area (Å²) in [5.74, 6) is 1.84. The number of carbonyl (C=O) groups excluding carboxylic acids is 1. The second-order valence-corrected chi connectivity index (χ2v) is 9.22. The Hall–Kier alpha value is -3.01. The van der Waals surface area contributed by atoms with Crippen LogP contribution >= 0.6 is 11.8 Å². The molecule has 0 N–H and O–H groups in total. The van der Waals surface area contributed by atoms with Crippen molar-refractivity contribution in [1.82, 2.24) is 19.7 Å². The Morgan fingerprint density at radius 3 is 2.42 bits per heavy atom. The number of piperazine rings is 1. The highest BCUT2D eigenvalue weighted by Gasteiger charge is 2.25. The molecule has 8 nitrogen and oxygen atoms in total. The fourth-order valence-electron chi connectivity index (χ4n) is 4.32. The summed E-state index contributed by atoms with van der Waals surface area (Å²) < 4.78 is 20.8. The molecule has 2 aliphatic rings. The van der Waals surface area contributed by atoms with Crippen LogP contribution in [0.2, 0.25) is 0 Å². The van der Waals surface area contributed by atoms with Crippen LogP contribution in [0.5, 0.6) is 0 Å². The van der Waals surface area contributed by atoms with Crippen molar-refractivity contribution >= 4 is 29.3 Å². The minimum atomic E-state index is -0.239. The van der Waals surface area contributed by atoms with Gasteiger partial charge in [-0.05, 0) is 49.2 Å². The molecule has 0 spiro atoms. The van der Waals surface area contributed by atoms with E-state index in [1.165, 1.54) is 23.9 Å². The van der Waals surface area contributed by atoms with Gasteiger partial charge in [-0.1, -0.05) is 11.8 Å².